The van der Waals surface area contributed by atoms with Gasteiger partial charge in [0.15, 0.2) is 0 Å². The number of aryl methyl sites for hydroxylation is 1. The maximum absolute atomic E-state index is 13.9. The molecule has 1 aromatic heterocycles. The SMILES string of the molecule is Cc1ccc2oc(C(NN)c3cc(F)ccc3F)cc2c1. The van der Waals surface area contributed by atoms with Gasteiger partial charge < -0.3 is 4.42 Å². The zero-order valence-electron chi connectivity index (χ0n) is 11.4. The van der Waals surface area contributed by atoms with Gasteiger partial charge in [0.25, 0.3) is 0 Å². The molecule has 3 nitrogen and oxygen atoms in total. The highest BCUT2D eigenvalue weighted by Crippen LogP contribution is 2.30. The lowest BCUT2D eigenvalue weighted by Gasteiger charge is -2.14. The summed E-state index contributed by atoms with van der Waals surface area (Å²) in [4.78, 5) is 0. The molecule has 0 aliphatic heterocycles. The summed E-state index contributed by atoms with van der Waals surface area (Å²) in [6.07, 6.45) is 0. The lowest BCUT2D eigenvalue weighted by molar-refractivity contribution is 0.460. The van der Waals surface area contributed by atoms with Gasteiger partial charge in [-0.15, -0.1) is 0 Å². The van der Waals surface area contributed by atoms with Crippen molar-refractivity contribution in [3.05, 3.63) is 71.0 Å². The highest BCUT2D eigenvalue weighted by molar-refractivity contribution is 5.78. The van der Waals surface area contributed by atoms with Crippen molar-refractivity contribution >= 4 is 11.0 Å². The number of hydrazine groups is 1. The molecule has 3 N–H and O–H groups in total. The number of furan rings is 1. The van der Waals surface area contributed by atoms with E-state index in [-0.39, 0.29) is 5.56 Å². The van der Waals surface area contributed by atoms with Crippen LogP contribution in [-0.4, -0.2) is 0 Å². The van der Waals surface area contributed by atoms with Crippen molar-refractivity contribution in [1.29, 1.82) is 0 Å². The van der Waals surface area contributed by atoms with Crippen molar-refractivity contribution < 1.29 is 13.2 Å². The second kappa shape index (κ2) is 5.27. The molecule has 5 heteroatoms. The van der Waals surface area contributed by atoms with Crippen LogP contribution in [0.3, 0.4) is 0 Å². The van der Waals surface area contributed by atoms with Crippen LogP contribution in [0, 0.1) is 18.6 Å². The molecular formula is C16H14F2N2O. The summed E-state index contributed by atoms with van der Waals surface area (Å²) in [5.74, 6) is 4.87. The first-order chi connectivity index (χ1) is 10.1. The lowest BCUT2D eigenvalue weighted by atomic mass is 10.0. The van der Waals surface area contributed by atoms with Crippen LogP contribution in [-0.2, 0) is 0 Å². The number of rotatable bonds is 3. The molecule has 0 aliphatic carbocycles. The van der Waals surface area contributed by atoms with Gasteiger partial charge in [-0.1, -0.05) is 11.6 Å². The molecule has 0 spiro atoms. The monoisotopic (exact) mass is 288 g/mol. The Bertz CT molecular complexity index is 798. The summed E-state index contributed by atoms with van der Waals surface area (Å²) in [6.45, 7) is 1.97. The Kier molecular flexibility index (Phi) is 3.45. The minimum Gasteiger partial charge on any atom is -0.459 e. The average Bonchev–Trinajstić information content (AvgIpc) is 2.86. The Balaban J connectivity index is 2.11. The van der Waals surface area contributed by atoms with Crippen molar-refractivity contribution in [2.24, 2.45) is 5.84 Å². The van der Waals surface area contributed by atoms with E-state index in [9.17, 15) is 8.78 Å². The maximum atomic E-state index is 13.9. The van der Waals surface area contributed by atoms with Crippen molar-refractivity contribution in [3.63, 3.8) is 0 Å². The first-order valence-corrected chi connectivity index (χ1v) is 6.49. The Hall–Kier alpha value is -2.24. The molecule has 3 rings (SSSR count). The van der Waals surface area contributed by atoms with Gasteiger partial charge >= 0.3 is 0 Å². The normalized spacial score (nSPS) is 12.8. The van der Waals surface area contributed by atoms with Gasteiger partial charge in [-0.05, 0) is 43.3 Å². The molecule has 3 aromatic rings. The topological polar surface area (TPSA) is 51.2 Å². The van der Waals surface area contributed by atoms with Gasteiger partial charge in [0.1, 0.15) is 29.0 Å². The summed E-state index contributed by atoms with van der Waals surface area (Å²) >= 11 is 0. The smallest absolute Gasteiger partial charge is 0.134 e. The number of halogens is 2. The fourth-order valence-electron chi connectivity index (χ4n) is 2.39. The first kappa shape index (κ1) is 13.7. The van der Waals surface area contributed by atoms with E-state index >= 15 is 0 Å². The van der Waals surface area contributed by atoms with E-state index in [1.165, 1.54) is 0 Å². The minimum atomic E-state index is -0.756. The highest BCUT2D eigenvalue weighted by Gasteiger charge is 2.21. The number of nitrogens with two attached hydrogens (primary N) is 1. The van der Waals surface area contributed by atoms with Crippen LogP contribution >= 0.6 is 0 Å². The van der Waals surface area contributed by atoms with E-state index in [0.29, 0.717) is 11.3 Å². The fourth-order valence-corrected chi connectivity index (χ4v) is 2.39. The molecular weight excluding hydrogens is 274 g/mol. The molecule has 1 heterocycles. The number of hydrogen-bond donors (Lipinski definition) is 2. The third-order valence-corrected chi connectivity index (χ3v) is 3.41. The zero-order chi connectivity index (χ0) is 15.0. The van der Waals surface area contributed by atoms with Crippen LogP contribution in [0.4, 0.5) is 8.78 Å². The summed E-state index contributed by atoms with van der Waals surface area (Å²) in [6, 6.07) is 9.98. The van der Waals surface area contributed by atoms with E-state index < -0.39 is 17.7 Å². The average molecular weight is 288 g/mol. The van der Waals surface area contributed by atoms with Gasteiger partial charge in [-0.3, -0.25) is 5.84 Å². The van der Waals surface area contributed by atoms with Crippen LogP contribution < -0.4 is 11.3 Å². The van der Waals surface area contributed by atoms with E-state index in [1.54, 1.807) is 6.07 Å². The summed E-state index contributed by atoms with van der Waals surface area (Å²) in [5, 5.41) is 0.891. The third-order valence-electron chi connectivity index (χ3n) is 3.41. The molecule has 0 bridgehead atoms. The van der Waals surface area contributed by atoms with Gasteiger partial charge in [0, 0.05) is 10.9 Å². The quantitative estimate of drug-likeness (QED) is 0.572. The number of hydrogen-bond acceptors (Lipinski definition) is 3. The minimum absolute atomic E-state index is 0.105. The molecule has 0 amide bonds. The number of nitrogens with one attached hydrogen (secondary N) is 1. The fraction of sp³-hybridized carbons (Fsp3) is 0.125. The molecule has 0 fully saturated rings. The second-order valence-electron chi connectivity index (χ2n) is 4.96. The summed E-state index contributed by atoms with van der Waals surface area (Å²) in [7, 11) is 0. The second-order valence-corrected chi connectivity index (χ2v) is 4.96. The van der Waals surface area contributed by atoms with E-state index in [1.807, 2.05) is 25.1 Å². The molecule has 2 aromatic carbocycles. The molecule has 0 saturated heterocycles. The van der Waals surface area contributed by atoms with Crippen LogP contribution in [0.5, 0.6) is 0 Å². The first-order valence-electron chi connectivity index (χ1n) is 6.49. The number of benzene rings is 2. The molecule has 0 aliphatic rings. The summed E-state index contributed by atoms with van der Waals surface area (Å²) < 4.78 is 33.0. The number of fused-ring (bicyclic) bond motifs is 1. The van der Waals surface area contributed by atoms with Gasteiger partial charge in [-0.2, -0.15) is 0 Å². The predicted molar refractivity (Wildman–Crippen MR) is 76.5 cm³/mol. The zero-order valence-corrected chi connectivity index (χ0v) is 11.4. The summed E-state index contributed by atoms with van der Waals surface area (Å²) in [5.41, 5.74) is 4.34. The lowest BCUT2D eigenvalue weighted by Crippen LogP contribution is -2.29. The molecule has 0 radical (unpaired) electrons. The van der Waals surface area contributed by atoms with Crippen molar-refractivity contribution in [1.82, 2.24) is 5.43 Å². The van der Waals surface area contributed by atoms with Crippen LogP contribution in [0.2, 0.25) is 0 Å². The maximum Gasteiger partial charge on any atom is 0.134 e. The van der Waals surface area contributed by atoms with E-state index in [4.69, 9.17) is 10.3 Å². The van der Waals surface area contributed by atoms with Crippen LogP contribution in [0.25, 0.3) is 11.0 Å². The predicted octanol–water partition coefficient (Wildman–Crippen LogP) is 3.57. The van der Waals surface area contributed by atoms with Crippen molar-refractivity contribution in [2.45, 2.75) is 13.0 Å². The third kappa shape index (κ3) is 2.53. The van der Waals surface area contributed by atoms with E-state index in [0.717, 1.165) is 29.1 Å². The van der Waals surface area contributed by atoms with Crippen LogP contribution in [0.1, 0.15) is 22.9 Å². The molecule has 1 atom stereocenters. The Labute approximate surface area is 120 Å². The Morgan fingerprint density at radius 2 is 1.90 bits per heavy atom. The van der Waals surface area contributed by atoms with E-state index in [2.05, 4.69) is 5.43 Å². The molecule has 108 valence electrons. The molecule has 21 heavy (non-hydrogen) atoms. The Morgan fingerprint density at radius 1 is 1.10 bits per heavy atom. The van der Waals surface area contributed by atoms with Gasteiger partial charge in [0.05, 0.1) is 0 Å². The largest absolute Gasteiger partial charge is 0.459 e. The van der Waals surface area contributed by atoms with Crippen LogP contribution in [0.15, 0.2) is 46.9 Å². The molecule has 1 unspecified atom stereocenters. The van der Waals surface area contributed by atoms with Crippen molar-refractivity contribution in [2.75, 3.05) is 0 Å². The van der Waals surface area contributed by atoms with Gasteiger partial charge in [-0.25, -0.2) is 14.2 Å². The standard InChI is InChI=1S/C16H14F2N2O/c1-9-2-5-14-10(6-9)7-15(21-14)16(20-19)12-8-11(17)3-4-13(12)18/h2-8,16,20H,19H2,1H3. The van der Waals surface area contributed by atoms with Gasteiger partial charge in [0.2, 0.25) is 0 Å². The van der Waals surface area contributed by atoms with Crippen molar-refractivity contribution in [3.8, 4) is 0 Å². The highest BCUT2D eigenvalue weighted by atomic mass is 19.1. The Morgan fingerprint density at radius 3 is 2.67 bits per heavy atom. The molecule has 0 saturated carbocycles.